The summed E-state index contributed by atoms with van der Waals surface area (Å²) in [5, 5.41) is 13.5. The molecule has 1 fully saturated rings. The van der Waals surface area contributed by atoms with Gasteiger partial charge in [0.2, 0.25) is 5.91 Å². The summed E-state index contributed by atoms with van der Waals surface area (Å²) in [7, 11) is 0. The van der Waals surface area contributed by atoms with Gasteiger partial charge in [-0.25, -0.2) is 0 Å². The highest BCUT2D eigenvalue weighted by Crippen LogP contribution is 2.39. The summed E-state index contributed by atoms with van der Waals surface area (Å²) >= 11 is 0. The Bertz CT molecular complexity index is 316. The van der Waals surface area contributed by atoms with Gasteiger partial charge in [0.05, 0.1) is 11.5 Å². The molecule has 0 aromatic rings. The van der Waals surface area contributed by atoms with Crippen molar-refractivity contribution in [3.05, 3.63) is 0 Å². The van der Waals surface area contributed by atoms with E-state index in [0.29, 0.717) is 24.4 Å². The molecule has 1 rings (SSSR count). The molecule has 0 aromatic heterocycles. The van der Waals surface area contributed by atoms with Gasteiger partial charge in [0.25, 0.3) is 0 Å². The second kappa shape index (κ2) is 6.90. The fourth-order valence-corrected chi connectivity index (χ4v) is 2.84. The van der Waals surface area contributed by atoms with Gasteiger partial charge in [-0.2, -0.15) is 0 Å². The summed E-state index contributed by atoms with van der Waals surface area (Å²) in [6.45, 7) is 9.38. The standard InChI is InChI=1S/C16H32N2O2/c1-12(2)9-13(10-17)14(19)18-11-16(20)7-5-15(3,4)6-8-16/h12-13,20H,5-11,17H2,1-4H3,(H,18,19). The smallest absolute Gasteiger partial charge is 0.224 e. The highest BCUT2D eigenvalue weighted by atomic mass is 16.3. The van der Waals surface area contributed by atoms with E-state index in [0.717, 1.165) is 32.1 Å². The quantitative estimate of drug-likeness (QED) is 0.699. The lowest BCUT2D eigenvalue weighted by Gasteiger charge is -2.40. The molecule has 0 radical (unpaired) electrons. The average Bonchev–Trinajstić information content (AvgIpc) is 2.37. The van der Waals surface area contributed by atoms with Crippen molar-refractivity contribution >= 4 is 5.91 Å². The van der Waals surface area contributed by atoms with Crippen LogP contribution < -0.4 is 11.1 Å². The molecule has 1 unspecified atom stereocenters. The van der Waals surface area contributed by atoms with Crippen LogP contribution in [0.2, 0.25) is 0 Å². The van der Waals surface area contributed by atoms with Gasteiger partial charge in [0, 0.05) is 13.1 Å². The number of nitrogens with one attached hydrogen (secondary N) is 1. The van der Waals surface area contributed by atoms with Crippen LogP contribution in [0.25, 0.3) is 0 Å². The lowest BCUT2D eigenvalue weighted by molar-refractivity contribution is -0.127. The van der Waals surface area contributed by atoms with E-state index in [9.17, 15) is 9.90 Å². The first-order valence-corrected chi connectivity index (χ1v) is 7.88. The second-order valence-electron chi connectivity index (χ2n) is 7.67. The monoisotopic (exact) mass is 284 g/mol. The van der Waals surface area contributed by atoms with E-state index >= 15 is 0 Å². The zero-order chi connectivity index (χ0) is 15.4. The highest BCUT2D eigenvalue weighted by molar-refractivity contribution is 5.78. The van der Waals surface area contributed by atoms with Crippen molar-refractivity contribution in [2.45, 2.75) is 65.4 Å². The van der Waals surface area contributed by atoms with Crippen molar-refractivity contribution in [3.63, 3.8) is 0 Å². The zero-order valence-corrected chi connectivity index (χ0v) is 13.5. The Labute approximate surface area is 123 Å². The van der Waals surface area contributed by atoms with Crippen molar-refractivity contribution in [2.24, 2.45) is 23.0 Å². The van der Waals surface area contributed by atoms with Crippen LogP contribution in [-0.2, 0) is 4.79 Å². The Hall–Kier alpha value is -0.610. The average molecular weight is 284 g/mol. The molecule has 1 aliphatic carbocycles. The molecule has 4 nitrogen and oxygen atoms in total. The third-order valence-electron chi connectivity index (χ3n) is 4.54. The number of amides is 1. The predicted molar refractivity (Wildman–Crippen MR) is 82.2 cm³/mol. The van der Waals surface area contributed by atoms with Crippen LogP contribution in [0.3, 0.4) is 0 Å². The molecule has 4 heteroatoms. The number of hydrogen-bond acceptors (Lipinski definition) is 3. The maximum absolute atomic E-state index is 12.1. The van der Waals surface area contributed by atoms with Crippen LogP contribution in [0.15, 0.2) is 0 Å². The van der Waals surface area contributed by atoms with Gasteiger partial charge in [0.15, 0.2) is 0 Å². The first kappa shape index (κ1) is 17.4. The van der Waals surface area contributed by atoms with Gasteiger partial charge in [-0.15, -0.1) is 0 Å². The van der Waals surface area contributed by atoms with Gasteiger partial charge < -0.3 is 16.2 Å². The molecule has 1 saturated carbocycles. The Kier molecular flexibility index (Phi) is 6.02. The minimum Gasteiger partial charge on any atom is -0.388 e. The first-order chi connectivity index (χ1) is 9.17. The maximum Gasteiger partial charge on any atom is 0.224 e. The Morgan fingerprint density at radius 1 is 1.25 bits per heavy atom. The van der Waals surface area contributed by atoms with Crippen LogP contribution in [0, 0.1) is 17.3 Å². The van der Waals surface area contributed by atoms with Crippen molar-refractivity contribution in [1.82, 2.24) is 5.32 Å². The summed E-state index contributed by atoms with van der Waals surface area (Å²) in [4.78, 5) is 12.1. The normalized spacial score (nSPS) is 22.6. The predicted octanol–water partition coefficient (Wildman–Crippen LogP) is 2.05. The van der Waals surface area contributed by atoms with Crippen LogP contribution >= 0.6 is 0 Å². The van der Waals surface area contributed by atoms with Gasteiger partial charge in [0.1, 0.15) is 0 Å². The van der Waals surface area contributed by atoms with Crippen LogP contribution in [0.5, 0.6) is 0 Å². The number of nitrogens with two attached hydrogens (primary N) is 1. The Balaban J connectivity index is 2.44. The summed E-state index contributed by atoms with van der Waals surface area (Å²) in [6.07, 6.45) is 4.33. The molecule has 0 spiro atoms. The fourth-order valence-electron chi connectivity index (χ4n) is 2.84. The Morgan fingerprint density at radius 2 is 1.80 bits per heavy atom. The highest BCUT2D eigenvalue weighted by Gasteiger charge is 2.37. The lowest BCUT2D eigenvalue weighted by atomic mass is 9.71. The molecule has 4 N–H and O–H groups in total. The molecular weight excluding hydrogens is 252 g/mol. The van der Waals surface area contributed by atoms with Crippen LogP contribution in [0.4, 0.5) is 0 Å². The number of rotatable bonds is 6. The van der Waals surface area contributed by atoms with Crippen molar-refractivity contribution in [2.75, 3.05) is 13.1 Å². The minimum absolute atomic E-state index is 0.0144. The van der Waals surface area contributed by atoms with E-state index in [1.54, 1.807) is 0 Å². The van der Waals surface area contributed by atoms with Gasteiger partial charge in [-0.1, -0.05) is 27.7 Å². The molecule has 0 aliphatic heterocycles. The van der Waals surface area contributed by atoms with E-state index in [1.807, 2.05) is 0 Å². The van der Waals surface area contributed by atoms with Crippen LogP contribution in [0.1, 0.15) is 59.8 Å². The number of hydrogen-bond donors (Lipinski definition) is 3. The molecular formula is C16H32N2O2. The van der Waals surface area contributed by atoms with Crippen molar-refractivity contribution in [3.8, 4) is 0 Å². The molecule has 0 bridgehead atoms. The molecule has 0 heterocycles. The second-order valence-corrected chi connectivity index (χ2v) is 7.67. The number of carbonyl (C=O) groups is 1. The maximum atomic E-state index is 12.1. The Morgan fingerprint density at radius 3 is 2.25 bits per heavy atom. The van der Waals surface area contributed by atoms with E-state index in [4.69, 9.17) is 5.73 Å². The summed E-state index contributed by atoms with van der Waals surface area (Å²) in [5.41, 5.74) is 5.26. The molecule has 1 aliphatic rings. The third-order valence-corrected chi connectivity index (χ3v) is 4.54. The number of carbonyl (C=O) groups excluding carboxylic acids is 1. The van der Waals surface area contributed by atoms with Crippen molar-refractivity contribution in [1.29, 1.82) is 0 Å². The molecule has 20 heavy (non-hydrogen) atoms. The third kappa shape index (κ3) is 5.41. The molecule has 0 aromatic carbocycles. The zero-order valence-electron chi connectivity index (χ0n) is 13.5. The molecule has 118 valence electrons. The topological polar surface area (TPSA) is 75.4 Å². The summed E-state index contributed by atoms with van der Waals surface area (Å²) in [5.74, 6) is 0.297. The van der Waals surface area contributed by atoms with Crippen LogP contribution in [-0.4, -0.2) is 29.7 Å². The summed E-state index contributed by atoms with van der Waals surface area (Å²) < 4.78 is 0. The largest absolute Gasteiger partial charge is 0.388 e. The molecule has 0 saturated heterocycles. The number of aliphatic hydroxyl groups is 1. The van der Waals surface area contributed by atoms with Gasteiger partial charge >= 0.3 is 0 Å². The van der Waals surface area contributed by atoms with E-state index in [1.165, 1.54) is 0 Å². The molecule has 1 atom stereocenters. The summed E-state index contributed by atoms with van der Waals surface area (Å²) in [6, 6.07) is 0. The van der Waals surface area contributed by atoms with E-state index in [2.05, 4.69) is 33.0 Å². The van der Waals surface area contributed by atoms with E-state index < -0.39 is 5.60 Å². The van der Waals surface area contributed by atoms with E-state index in [-0.39, 0.29) is 11.8 Å². The minimum atomic E-state index is -0.734. The lowest BCUT2D eigenvalue weighted by Crippen LogP contribution is -2.48. The van der Waals surface area contributed by atoms with Gasteiger partial charge in [-0.05, 0) is 43.4 Å². The van der Waals surface area contributed by atoms with Crippen molar-refractivity contribution < 1.29 is 9.90 Å². The SMILES string of the molecule is CC(C)CC(CN)C(=O)NCC1(O)CCC(C)(C)CC1. The fraction of sp³-hybridized carbons (Fsp3) is 0.938. The first-order valence-electron chi connectivity index (χ1n) is 7.88. The van der Waals surface area contributed by atoms with Gasteiger partial charge in [-0.3, -0.25) is 4.79 Å². The molecule has 1 amide bonds.